The molecule has 0 aliphatic carbocycles. The van der Waals surface area contributed by atoms with Crippen molar-refractivity contribution in [2.75, 3.05) is 18.0 Å². The van der Waals surface area contributed by atoms with E-state index in [-0.39, 0.29) is 0 Å². The van der Waals surface area contributed by atoms with E-state index in [4.69, 9.17) is 5.73 Å². The molecule has 1 fully saturated rings. The van der Waals surface area contributed by atoms with Gasteiger partial charge in [-0.25, -0.2) is 4.98 Å². The topological polar surface area (TPSA) is 42.2 Å². The van der Waals surface area contributed by atoms with Crippen molar-refractivity contribution in [1.82, 2.24) is 4.98 Å². The summed E-state index contributed by atoms with van der Waals surface area (Å²) in [6.07, 6.45) is 2.56. The minimum atomic E-state index is 0.442. The van der Waals surface area contributed by atoms with Gasteiger partial charge in [-0.05, 0) is 24.2 Å². The third-order valence-corrected chi connectivity index (χ3v) is 4.69. The van der Waals surface area contributed by atoms with Crippen LogP contribution in [0.2, 0.25) is 0 Å². The van der Waals surface area contributed by atoms with Gasteiger partial charge in [0.2, 0.25) is 0 Å². The van der Waals surface area contributed by atoms with Gasteiger partial charge in [0.25, 0.3) is 0 Å². The average Bonchev–Trinajstić information content (AvgIpc) is 2.76. The zero-order chi connectivity index (χ0) is 12.5. The minimum absolute atomic E-state index is 0.442. The molecule has 0 saturated carbocycles. The van der Waals surface area contributed by atoms with Gasteiger partial charge in [-0.1, -0.05) is 20.8 Å². The van der Waals surface area contributed by atoms with Gasteiger partial charge in [-0.2, -0.15) is 0 Å². The summed E-state index contributed by atoms with van der Waals surface area (Å²) in [4.78, 5) is 6.97. The fraction of sp³-hybridized carbons (Fsp3) is 0.769. The van der Waals surface area contributed by atoms with Crippen LogP contribution in [0, 0.1) is 11.3 Å². The summed E-state index contributed by atoms with van der Waals surface area (Å²) in [7, 11) is 0. The van der Waals surface area contributed by atoms with Gasteiger partial charge in [0.1, 0.15) is 0 Å². The van der Waals surface area contributed by atoms with Crippen molar-refractivity contribution in [1.29, 1.82) is 0 Å². The summed E-state index contributed by atoms with van der Waals surface area (Å²) in [5.41, 5.74) is 7.06. The molecule has 0 amide bonds. The molecular weight excluding hydrogens is 230 g/mol. The molecule has 0 atom stereocenters. The minimum Gasteiger partial charge on any atom is -0.348 e. The molecule has 1 aliphatic heterocycles. The summed E-state index contributed by atoms with van der Waals surface area (Å²) in [6.45, 7) is 9.88. The van der Waals surface area contributed by atoms with Crippen molar-refractivity contribution in [2.45, 2.75) is 40.2 Å². The number of anilines is 1. The average molecular weight is 253 g/mol. The number of nitrogens with zero attached hydrogens (tertiary/aromatic N) is 2. The zero-order valence-corrected chi connectivity index (χ0v) is 11.9. The van der Waals surface area contributed by atoms with E-state index in [9.17, 15) is 0 Å². The van der Waals surface area contributed by atoms with Crippen LogP contribution in [-0.4, -0.2) is 18.1 Å². The number of rotatable bonds is 2. The van der Waals surface area contributed by atoms with Crippen LogP contribution in [0.5, 0.6) is 0 Å². The fourth-order valence-corrected chi connectivity index (χ4v) is 3.36. The molecule has 0 aromatic carbocycles. The van der Waals surface area contributed by atoms with Crippen molar-refractivity contribution in [2.24, 2.45) is 17.1 Å². The third kappa shape index (κ3) is 2.99. The molecule has 0 radical (unpaired) electrons. The Kier molecular flexibility index (Phi) is 3.73. The van der Waals surface area contributed by atoms with Crippen LogP contribution in [0.4, 0.5) is 5.13 Å². The summed E-state index contributed by atoms with van der Waals surface area (Å²) in [5, 5.41) is 3.23. The van der Waals surface area contributed by atoms with E-state index in [0.717, 1.165) is 29.8 Å². The molecule has 0 bridgehead atoms. The van der Waals surface area contributed by atoms with Crippen LogP contribution >= 0.6 is 11.3 Å². The van der Waals surface area contributed by atoms with Gasteiger partial charge in [0.15, 0.2) is 5.13 Å². The molecule has 96 valence electrons. The van der Waals surface area contributed by atoms with E-state index in [1.165, 1.54) is 12.8 Å². The second kappa shape index (κ2) is 4.94. The molecule has 2 N–H and O–H groups in total. The first-order chi connectivity index (χ1) is 8.00. The highest BCUT2D eigenvalue weighted by Gasteiger charge is 2.29. The lowest BCUT2D eigenvalue weighted by Crippen LogP contribution is -2.38. The van der Waals surface area contributed by atoms with Crippen molar-refractivity contribution >= 4 is 16.5 Å². The molecular formula is C13H23N3S. The number of nitrogens with two attached hydrogens (primary N) is 1. The number of thiazole rings is 1. The first kappa shape index (κ1) is 12.8. The largest absolute Gasteiger partial charge is 0.348 e. The monoisotopic (exact) mass is 253 g/mol. The van der Waals surface area contributed by atoms with E-state index in [1.807, 2.05) is 0 Å². The summed E-state index contributed by atoms with van der Waals surface area (Å²) in [5.74, 6) is 0.840. The number of hydrogen-bond donors (Lipinski definition) is 1. The zero-order valence-electron chi connectivity index (χ0n) is 11.1. The lowest BCUT2D eigenvalue weighted by molar-refractivity contribution is 0.199. The summed E-state index contributed by atoms with van der Waals surface area (Å²) < 4.78 is 0. The molecule has 2 rings (SSSR count). The van der Waals surface area contributed by atoms with Gasteiger partial charge in [0, 0.05) is 25.0 Å². The Hall–Kier alpha value is -0.610. The van der Waals surface area contributed by atoms with Crippen LogP contribution in [0.3, 0.4) is 0 Å². The van der Waals surface area contributed by atoms with Gasteiger partial charge < -0.3 is 10.6 Å². The van der Waals surface area contributed by atoms with Crippen LogP contribution < -0.4 is 10.6 Å². The smallest absolute Gasteiger partial charge is 0.185 e. The molecule has 4 heteroatoms. The van der Waals surface area contributed by atoms with Gasteiger partial charge in [0.05, 0.1) is 5.69 Å². The molecule has 1 aliphatic rings. The fourth-order valence-electron chi connectivity index (χ4n) is 2.47. The van der Waals surface area contributed by atoms with Crippen LogP contribution in [0.25, 0.3) is 0 Å². The van der Waals surface area contributed by atoms with Crippen LogP contribution in [0.15, 0.2) is 5.38 Å². The van der Waals surface area contributed by atoms with E-state index < -0.39 is 0 Å². The van der Waals surface area contributed by atoms with Crippen molar-refractivity contribution < 1.29 is 0 Å². The third-order valence-electron chi connectivity index (χ3n) is 3.74. The highest BCUT2D eigenvalue weighted by atomic mass is 32.1. The molecule has 1 aromatic heterocycles. The van der Waals surface area contributed by atoms with Gasteiger partial charge in [-0.3, -0.25) is 0 Å². The highest BCUT2D eigenvalue weighted by Crippen LogP contribution is 2.36. The Morgan fingerprint density at radius 1 is 1.41 bits per heavy atom. The molecule has 1 aromatic rings. The van der Waals surface area contributed by atoms with Crippen LogP contribution in [0.1, 0.15) is 39.3 Å². The normalized spacial score (nSPS) is 18.7. The van der Waals surface area contributed by atoms with Crippen LogP contribution in [-0.2, 0) is 6.54 Å². The molecule has 2 heterocycles. The molecule has 1 saturated heterocycles. The van der Waals surface area contributed by atoms with Crippen molar-refractivity contribution in [3.63, 3.8) is 0 Å². The van der Waals surface area contributed by atoms with E-state index in [0.29, 0.717) is 12.0 Å². The standard InChI is InChI=1S/C13H23N3S/c1-13(2,3)10-4-6-16(7-5-10)12-15-11(8-14)9-17-12/h9-10H,4-8,14H2,1-3H3. The Bertz CT molecular complexity index is 359. The quantitative estimate of drug-likeness (QED) is 0.881. The first-order valence-corrected chi connectivity index (χ1v) is 7.28. The summed E-state index contributed by atoms with van der Waals surface area (Å²) >= 11 is 1.72. The summed E-state index contributed by atoms with van der Waals surface area (Å²) in [6, 6.07) is 0. The molecule has 0 unspecified atom stereocenters. The Morgan fingerprint density at radius 3 is 2.53 bits per heavy atom. The Labute approximate surface area is 108 Å². The maximum atomic E-state index is 5.60. The van der Waals surface area contributed by atoms with E-state index >= 15 is 0 Å². The van der Waals surface area contributed by atoms with E-state index in [1.54, 1.807) is 11.3 Å². The van der Waals surface area contributed by atoms with Crippen molar-refractivity contribution in [3.8, 4) is 0 Å². The van der Waals surface area contributed by atoms with Gasteiger partial charge >= 0.3 is 0 Å². The SMILES string of the molecule is CC(C)(C)C1CCN(c2nc(CN)cs2)CC1. The van der Waals surface area contributed by atoms with Crippen molar-refractivity contribution in [3.05, 3.63) is 11.1 Å². The predicted octanol–water partition coefficient (Wildman–Crippen LogP) is 2.86. The molecule has 0 spiro atoms. The lowest BCUT2D eigenvalue weighted by atomic mass is 9.75. The molecule has 17 heavy (non-hydrogen) atoms. The number of hydrogen-bond acceptors (Lipinski definition) is 4. The van der Waals surface area contributed by atoms with Gasteiger partial charge in [-0.15, -0.1) is 11.3 Å². The van der Waals surface area contributed by atoms with E-state index in [2.05, 4.69) is 36.0 Å². The maximum absolute atomic E-state index is 5.60. The second-order valence-electron chi connectivity index (χ2n) is 5.95. The Morgan fingerprint density at radius 2 is 2.06 bits per heavy atom. The highest BCUT2D eigenvalue weighted by molar-refractivity contribution is 7.13. The number of aromatic nitrogens is 1. The lowest BCUT2D eigenvalue weighted by Gasteiger charge is -2.38. The molecule has 3 nitrogen and oxygen atoms in total. The first-order valence-electron chi connectivity index (χ1n) is 6.40. The number of piperidine rings is 1. The predicted molar refractivity (Wildman–Crippen MR) is 74.4 cm³/mol. The second-order valence-corrected chi connectivity index (χ2v) is 6.79. The Balaban J connectivity index is 1.95. The maximum Gasteiger partial charge on any atom is 0.185 e.